The first-order valence-electron chi connectivity index (χ1n) is 6.34. The van der Waals surface area contributed by atoms with Crippen molar-refractivity contribution in [2.24, 2.45) is 5.41 Å². The van der Waals surface area contributed by atoms with E-state index in [0.717, 1.165) is 12.1 Å². The van der Waals surface area contributed by atoms with Crippen molar-refractivity contribution >= 4 is 11.9 Å². The summed E-state index contributed by atoms with van der Waals surface area (Å²) in [4.78, 5) is 30.0. The van der Waals surface area contributed by atoms with Gasteiger partial charge in [-0.15, -0.1) is 0 Å². The first-order valence-corrected chi connectivity index (χ1v) is 6.34. The highest BCUT2D eigenvalue weighted by atomic mass is 16.5. The standard InChI is InChI=1S/C14H18N2O3/c1-16(10-11-6-3-4-9-15-11)12(17)14(7-5-8-14)13(18)19-2/h3-4,6,9H,5,7-8,10H2,1-2H3. The van der Waals surface area contributed by atoms with Crippen LogP contribution >= 0.6 is 0 Å². The van der Waals surface area contributed by atoms with Crippen LogP contribution in [0.25, 0.3) is 0 Å². The van der Waals surface area contributed by atoms with Crippen molar-refractivity contribution in [3.63, 3.8) is 0 Å². The zero-order valence-corrected chi connectivity index (χ0v) is 11.3. The first kappa shape index (κ1) is 13.5. The van der Waals surface area contributed by atoms with Gasteiger partial charge in [-0.25, -0.2) is 0 Å². The average molecular weight is 262 g/mol. The molecule has 0 radical (unpaired) electrons. The highest BCUT2D eigenvalue weighted by molar-refractivity contribution is 6.03. The number of carbonyl (C=O) groups is 2. The first-order chi connectivity index (χ1) is 9.10. The van der Waals surface area contributed by atoms with E-state index < -0.39 is 11.4 Å². The summed E-state index contributed by atoms with van der Waals surface area (Å²) in [7, 11) is 3.02. The van der Waals surface area contributed by atoms with Crippen LogP contribution in [0.2, 0.25) is 0 Å². The summed E-state index contributed by atoms with van der Waals surface area (Å²) in [6, 6.07) is 5.56. The molecule has 5 nitrogen and oxygen atoms in total. The normalized spacial score (nSPS) is 16.3. The lowest BCUT2D eigenvalue weighted by Crippen LogP contribution is -2.51. The van der Waals surface area contributed by atoms with Gasteiger partial charge in [-0.05, 0) is 25.0 Å². The summed E-state index contributed by atoms with van der Waals surface area (Å²) < 4.78 is 4.78. The van der Waals surface area contributed by atoms with E-state index in [1.807, 2.05) is 18.2 Å². The van der Waals surface area contributed by atoms with Crippen LogP contribution in [0.15, 0.2) is 24.4 Å². The summed E-state index contributed by atoms with van der Waals surface area (Å²) in [6.45, 7) is 0.401. The molecule has 5 heteroatoms. The van der Waals surface area contributed by atoms with Gasteiger partial charge in [0.15, 0.2) is 0 Å². The van der Waals surface area contributed by atoms with E-state index >= 15 is 0 Å². The number of pyridine rings is 1. The Hall–Kier alpha value is -1.91. The second kappa shape index (κ2) is 5.38. The Balaban J connectivity index is 2.08. The Morgan fingerprint density at radius 2 is 2.16 bits per heavy atom. The van der Waals surface area contributed by atoms with Gasteiger partial charge in [-0.1, -0.05) is 12.5 Å². The van der Waals surface area contributed by atoms with Crippen molar-refractivity contribution in [1.82, 2.24) is 9.88 Å². The number of ether oxygens (including phenoxy) is 1. The zero-order chi connectivity index (χ0) is 13.9. The van der Waals surface area contributed by atoms with Gasteiger partial charge in [0.25, 0.3) is 0 Å². The number of amides is 1. The van der Waals surface area contributed by atoms with E-state index in [9.17, 15) is 9.59 Å². The van der Waals surface area contributed by atoms with Crippen LogP contribution in [0.5, 0.6) is 0 Å². The van der Waals surface area contributed by atoms with Crippen LogP contribution in [0.4, 0.5) is 0 Å². The number of carbonyl (C=O) groups excluding carboxylic acids is 2. The Bertz CT molecular complexity index is 469. The smallest absolute Gasteiger partial charge is 0.321 e. The second-order valence-corrected chi connectivity index (χ2v) is 4.91. The molecule has 0 N–H and O–H groups in total. The number of nitrogens with zero attached hydrogens (tertiary/aromatic N) is 2. The maximum atomic E-state index is 12.4. The summed E-state index contributed by atoms with van der Waals surface area (Å²) >= 11 is 0. The molecule has 0 unspecified atom stereocenters. The van der Waals surface area contributed by atoms with Crippen LogP contribution in [0, 0.1) is 5.41 Å². The molecule has 1 saturated carbocycles. The molecular formula is C14H18N2O3. The van der Waals surface area contributed by atoms with Crippen molar-refractivity contribution in [3.05, 3.63) is 30.1 Å². The van der Waals surface area contributed by atoms with Gasteiger partial charge in [0.2, 0.25) is 5.91 Å². The van der Waals surface area contributed by atoms with Crippen LogP contribution in [-0.2, 0) is 20.9 Å². The summed E-state index contributed by atoms with van der Waals surface area (Å²) in [6.07, 6.45) is 3.72. The SMILES string of the molecule is COC(=O)C1(C(=O)N(C)Cc2ccccn2)CCC1. The lowest BCUT2D eigenvalue weighted by Gasteiger charge is -2.39. The molecule has 0 atom stereocenters. The predicted molar refractivity (Wildman–Crippen MR) is 69.0 cm³/mol. The zero-order valence-electron chi connectivity index (χ0n) is 11.3. The second-order valence-electron chi connectivity index (χ2n) is 4.91. The van der Waals surface area contributed by atoms with Gasteiger partial charge in [0.1, 0.15) is 5.41 Å². The number of methoxy groups -OCH3 is 1. The molecule has 102 valence electrons. The average Bonchev–Trinajstić information content (AvgIpc) is 2.38. The van der Waals surface area contributed by atoms with Crippen molar-refractivity contribution in [2.45, 2.75) is 25.8 Å². The number of rotatable bonds is 4. The minimum absolute atomic E-state index is 0.170. The Labute approximate surface area is 112 Å². The highest BCUT2D eigenvalue weighted by Gasteiger charge is 2.53. The van der Waals surface area contributed by atoms with Gasteiger partial charge in [-0.3, -0.25) is 14.6 Å². The van der Waals surface area contributed by atoms with Crippen molar-refractivity contribution < 1.29 is 14.3 Å². The largest absolute Gasteiger partial charge is 0.468 e. The van der Waals surface area contributed by atoms with E-state index in [4.69, 9.17) is 4.74 Å². The Morgan fingerprint density at radius 3 is 2.63 bits per heavy atom. The predicted octanol–water partition coefficient (Wildman–Crippen LogP) is 1.38. The fraction of sp³-hybridized carbons (Fsp3) is 0.500. The van der Waals surface area contributed by atoms with Crippen LogP contribution in [0.3, 0.4) is 0 Å². The summed E-state index contributed by atoms with van der Waals surface area (Å²) in [5.41, 5.74) is -0.157. The molecule has 1 fully saturated rings. The molecule has 2 rings (SSSR count). The Morgan fingerprint density at radius 1 is 1.42 bits per heavy atom. The molecular weight excluding hydrogens is 244 g/mol. The minimum Gasteiger partial charge on any atom is -0.468 e. The molecule has 1 aliphatic rings. The maximum Gasteiger partial charge on any atom is 0.321 e. The third-order valence-corrected chi connectivity index (χ3v) is 3.66. The molecule has 1 amide bonds. The summed E-state index contributed by atoms with van der Waals surface area (Å²) in [5, 5.41) is 0. The summed E-state index contributed by atoms with van der Waals surface area (Å²) in [5.74, 6) is -0.590. The number of hydrogen-bond donors (Lipinski definition) is 0. The van der Waals surface area contributed by atoms with Crippen molar-refractivity contribution in [1.29, 1.82) is 0 Å². The fourth-order valence-electron chi connectivity index (χ4n) is 2.40. The number of hydrogen-bond acceptors (Lipinski definition) is 4. The molecule has 1 aromatic rings. The molecule has 19 heavy (non-hydrogen) atoms. The molecule has 0 bridgehead atoms. The lowest BCUT2D eigenvalue weighted by molar-refractivity contribution is -0.169. The highest BCUT2D eigenvalue weighted by Crippen LogP contribution is 2.43. The minimum atomic E-state index is -0.960. The quantitative estimate of drug-likeness (QED) is 0.607. The van der Waals surface area contributed by atoms with E-state index in [2.05, 4.69) is 4.98 Å². The van der Waals surface area contributed by atoms with Gasteiger partial charge < -0.3 is 9.64 Å². The molecule has 0 spiro atoms. The lowest BCUT2D eigenvalue weighted by atomic mass is 9.67. The molecule has 0 aliphatic heterocycles. The maximum absolute atomic E-state index is 12.4. The van der Waals surface area contributed by atoms with Crippen LogP contribution in [0.1, 0.15) is 25.0 Å². The molecule has 1 heterocycles. The molecule has 1 aliphatic carbocycles. The molecule has 0 saturated heterocycles. The third kappa shape index (κ3) is 2.45. The monoisotopic (exact) mass is 262 g/mol. The van der Waals surface area contributed by atoms with Gasteiger partial charge in [-0.2, -0.15) is 0 Å². The van der Waals surface area contributed by atoms with Gasteiger partial charge >= 0.3 is 5.97 Å². The number of esters is 1. The van der Waals surface area contributed by atoms with Gasteiger partial charge in [0, 0.05) is 13.2 Å². The van der Waals surface area contributed by atoms with E-state index in [0.29, 0.717) is 19.4 Å². The van der Waals surface area contributed by atoms with Gasteiger partial charge in [0.05, 0.1) is 19.3 Å². The Kier molecular flexibility index (Phi) is 3.83. The fourth-order valence-corrected chi connectivity index (χ4v) is 2.40. The van der Waals surface area contributed by atoms with Crippen LogP contribution in [-0.4, -0.2) is 35.9 Å². The van der Waals surface area contributed by atoms with E-state index in [-0.39, 0.29) is 5.91 Å². The third-order valence-electron chi connectivity index (χ3n) is 3.66. The van der Waals surface area contributed by atoms with E-state index in [1.54, 1.807) is 18.1 Å². The van der Waals surface area contributed by atoms with E-state index in [1.165, 1.54) is 7.11 Å². The van der Waals surface area contributed by atoms with Crippen molar-refractivity contribution in [3.8, 4) is 0 Å². The van der Waals surface area contributed by atoms with Crippen LogP contribution < -0.4 is 0 Å². The number of aromatic nitrogens is 1. The topological polar surface area (TPSA) is 59.5 Å². The van der Waals surface area contributed by atoms with Crippen molar-refractivity contribution in [2.75, 3.05) is 14.2 Å². The molecule has 1 aromatic heterocycles. The molecule has 0 aromatic carbocycles.